The lowest BCUT2D eigenvalue weighted by atomic mass is 10.1. The predicted octanol–water partition coefficient (Wildman–Crippen LogP) is 3.55. The first kappa shape index (κ1) is 14.7. The molecule has 0 saturated carbocycles. The minimum atomic E-state index is -0.928. The predicted molar refractivity (Wildman–Crippen MR) is 79.8 cm³/mol. The second-order valence-electron chi connectivity index (χ2n) is 5.35. The highest BCUT2D eigenvalue weighted by Crippen LogP contribution is 2.36. The van der Waals surface area contributed by atoms with E-state index in [1.165, 1.54) is 19.3 Å². The largest absolute Gasteiger partial charge is 0.489 e. The fourth-order valence-corrected chi connectivity index (χ4v) is 2.74. The maximum Gasteiger partial charge on any atom is 0.339 e. The van der Waals surface area contributed by atoms with Gasteiger partial charge in [-0.05, 0) is 25.5 Å². The van der Waals surface area contributed by atoms with Crippen molar-refractivity contribution in [3.63, 3.8) is 0 Å². The van der Waals surface area contributed by atoms with E-state index in [9.17, 15) is 9.90 Å². The number of nitrogens with zero attached hydrogens (tertiary/aromatic N) is 1. The Morgan fingerprint density at radius 1 is 1.45 bits per heavy atom. The van der Waals surface area contributed by atoms with Crippen LogP contribution >= 0.6 is 0 Å². The molecule has 4 heteroatoms. The number of hydrogen-bond acceptors (Lipinski definition) is 3. The molecule has 1 aliphatic heterocycles. The lowest BCUT2D eigenvalue weighted by Crippen LogP contribution is -2.40. The van der Waals surface area contributed by atoms with Crippen LogP contribution in [0.1, 0.15) is 49.9 Å². The number of aromatic carboxylic acids is 1. The Kier molecular flexibility index (Phi) is 4.88. The molecule has 4 nitrogen and oxygen atoms in total. The molecule has 1 aliphatic rings. The van der Waals surface area contributed by atoms with Gasteiger partial charge in [0.15, 0.2) is 5.75 Å². The van der Waals surface area contributed by atoms with Crippen LogP contribution in [0.25, 0.3) is 0 Å². The molecule has 1 heterocycles. The van der Waals surface area contributed by atoms with E-state index in [0.717, 1.165) is 18.7 Å². The number of anilines is 1. The Bertz CT molecular complexity index is 473. The zero-order chi connectivity index (χ0) is 14.5. The fourth-order valence-electron chi connectivity index (χ4n) is 2.74. The summed E-state index contributed by atoms with van der Waals surface area (Å²) < 4.78 is 5.60. The quantitative estimate of drug-likeness (QED) is 0.808. The van der Waals surface area contributed by atoms with E-state index >= 15 is 0 Å². The van der Waals surface area contributed by atoms with Crippen LogP contribution in [0.4, 0.5) is 5.69 Å². The molecule has 110 valence electrons. The van der Waals surface area contributed by atoms with Crippen LogP contribution in [0.15, 0.2) is 18.2 Å². The molecule has 1 unspecified atom stereocenters. The molecule has 1 aromatic carbocycles. The normalized spacial score (nSPS) is 15.4. The zero-order valence-electron chi connectivity index (χ0n) is 12.3. The van der Waals surface area contributed by atoms with Crippen LogP contribution in [0.5, 0.6) is 5.75 Å². The van der Waals surface area contributed by atoms with E-state index in [4.69, 9.17) is 4.74 Å². The van der Waals surface area contributed by atoms with Crippen LogP contribution in [-0.4, -0.2) is 30.3 Å². The van der Waals surface area contributed by atoms with Crippen molar-refractivity contribution >= 4 is 11.7 Å². The number of ether oxygens (including phenoxy) is 1. The summed E-state index contributed by atoms with van der Waals surface area (Å²) in [6, 6.07) is 5.76. The van der Waals surface area contributed by atoms with Crippen molar-refractivity contribution in [2.24, 2.45) is 0 Å². The van der Waals surface area contributed by atoms with Crippen molar-refractivity contribution in [2.45, 2.75) is 45.6 Å². The van der Waals surface area contributed by atoms with Crippen LogP contribution in [-0.2, 0) is 0 Å². The Morgan fingerprint density at radius 3 is 2.95 bits per heavy atom. The topological polar surface area (TPSA) is 49.8 Å². The summed E-state index contributed by atoms with van der Waals surface area (Å²) in [5.74, 6) is -0.407. The molecule has 0 fully saturated rings. The van der Waals surface area contributed by atoms with E-state index in [2.05, 4.69) is 18.7 Å². The monoisotopic (exact) mass is 277 g/mol. The first-order valence-electron chi connectivity index (χ1n) is 7.41. The summed E-state index contributed by atoms with van der Waals surface area (Å²) in [6.07, 6.45) is 4.81. The van der Waals surface area contributed by atoms with Gasteiger partial charge in [-0.15, -0.1) is 0 Å². The van der Waals surface area contributed by atoms with Crippen molar-refractivity contribution in [2.75, 3.05) is 18.1 Å². The van der Waals surface area contributed by atoms with Crippen molar-refractivity contribution in [3.05, 3.63) is 23.8 Å². The molecule has 20 heavy (non-hydrogen) atoms. The number of carboxylic acids is 1. The molecule has 0 aromatic heterocycles. The zero-order valence-corrected chi connectivity index (χ0v) is 12.3. The van der Waals surface area contributed by atoms with Gasteiger partial charge < -0.3 is 14.7 Å². The van der Waals surface area contributed by atoms with Gasteiger partial charge in [0.25, 0.3) is 0 Å². The van der Waals surface area contributed by atoms with Crippen LogP contribution < -0.4 is 9.64 Å². The van der Waals surface area contributed by atoms with Crippen molar-refractivity contribution in [3.8, 4) is 5.75 Å². The number of para-hydroxylation sites is 1. The number of rotatable bonds is 6. The second-order valence-corrected chi connectivity index (χ2v) is 5.35. The van der Waals surface area contributed by atoms with Gasteiger partial charge in [0.1, 0.15) is 12.2 Å². The first-order valence-corrected chi connectivity index (χ1v) is 7.41. The summed E-state index contributed by atoms with van der Waals surface area (Å²) in [5.41, 5.74) is 1.17. The minimum Gasteiger partial charge on any atom is -0.489 e. The number of hydrogen-bond donors (Lipinski definition) is 1. The Hall–Kier alpha value is -1.71. The fraction of sp³-hybridized carbons (Fsp3) is 0.562. The second kappa shape index (κ2) is 6.64. The number of unbranched alkanes of at least 4 members (excludes halogenated alkanes) is 2. The molecule has 0 spiro atoms. The van der Waals surface area contributed by atoms with Gasteiger partial charge in [-0.2, -0.15) is 0 Å². The maximum atomic E-state index is 11.3. The summed E-state index contributed by atoms with van der Waals surface area (Å²) >= 11 is 0. The van der Waals surface area contributed by atoms with Gasteiger partial charge in [0, 0.05) is 6.04 Å². The molecule has 1 atom stereocenters. The maximum absolute atomic E-state index is 11.3. The van der Waals surface area contributed by atoms with E-state index in [-0.39, 0.29) is 5.56 Å². The van der Waals surface area contributed by atoms with E-state index < -0.39 is 5.97 Å². The summed E-state index contributed by atoms with van der Waals surface area (Å²) in [7, 11) is 0. The van der Waals surface area contributed by atoms with E-state index in [0.29, 0.717) is 18.4 Å². The average molecular weight is 277 g/mol. The molecule has 0 bridgehead atoms. The van der Waals surface area contributed by atoms with Crippen LogP contribution in [0.2, 0.25) is 0 Å². The van der Waals surface area contributed by atoms with Crippen LogP contribution in [0.3, 0.4) is 0 Å². The number of fused-ring (bicyclic) bond motifs is 1. The molecule has 0 radical (unpaired) electrons. The number of carboxylic acid groups (broad SMARTS) is 1. The highest BCUT2D eigenvalue weighted by molar-refractivity contribution is 5.93. The third-order valence-corrected chi connectivity index (χ3v) is 3.87. The molecule has 0 amide bonds. The molecule has 1 aromatic rings. The Balaban J connectivity index is 2.20. The molecular formula is C16H23NO3. The number of carbonyl (C=O) groups is 1. The molecule has 2 rings (SSSR count). The van der Waals surface area contributed by atoms with Gasteiger partial charge in [0.05, 0.1) is 12.2 Å². The van der Waals surface area contributed by atoms with Crippen molar-refractivity contribution in [1.29, 1.82) is 0 Å². The van der Waals surface area contributed by atoms with Gasteiger partial charge in [0.2, 0.25) is 0 Å². The summed E-state index contributed by atoms with van der Waals surface area (Å²) in [5, 5.41) is 9.24. The Morgan fingerprint density at radius 2 is 2.25 bits per heavy atom. The SMILES string of the molecule is CCCCCC(C)N1CCOc2c(C(=O)O)cccc21. The highest BCUT2D eigenvalue weighted by Gasteiger charge is 2.26. The van der Waals surface area contributed by atoms with Crippen LogP contribution in [0, 0.1) is 0 Å². The molecule has 1 N–H and O–H groups in total. The third kappa shape index (κ3) is 3.06. The first-order chi connectivity index (χ1) is 9.65. The Labute approximate surface area is 120 Å². The standard InChI is InChI=1S/C16H23NO3/c1-3-4-5-7-12(2)17-10-11-20-15-13(16(18)19)8-6-9-14(15)17/h6,8-9,12H,3-5,7,10-11H2,1-2H3,(H,18,19). The van der Waals surface area contributed by atoms with E-state index in [1.807, 2.05) is 6.07 Å². The minimum absolute atomic E-state index is 0.257. The van der Waals surface area contributed by atoms with Crippen molar-refractivity contribution < 1.29 is 14.6 Å². The molecular weight excluding hydrogens is 254 g/mol. The van der Waals surface area contributed by atoms with Gasteiger partial charge >= 0.3 is 5.97 Å². The average Bonchev–Trinajstić information content (AvgIpc) is 2.46. The van der Waals surface area contributed by atoms with Gasteiger partial charge in [-0.25, -0.2) is 4.79 Å². The smallest absolute Gasteiger partial charge is 0.339 e. The van der Waals surface area contributed by atoms with Gasteiger partial charge in [-0.3, -0.25) is 0 Å². The third-order valence-electron chi connectivity index (χ3n) is 3.87. The number of benzene rings is 1. The lowest BCUT2D eigenvalue weighted by Gasteiger charge is -2.36. The molecule has 0 aliphatic carbocycles. The van der Waals surface area contributed by atoms with Crippen molar-refractivity contribution in [1.82, 2.24) is 0 Å². The lowest BCUT2D eigenvalue weighted by molar-refractivity contribution is 0.0692. The van der Waals surface area contributed by atoms with Gasteiger partial charge in [-0.1, -0.05) is 32.3 Å². The van der Waals surface area contributed by atoms with E-state index in [1.54, 1.807) is 12.1 Å². The summed E-state index contributed by atoms with van der Waals surface area (Å²) in [6.45, 7) is 5.78. The highest BCUT2D eigenvalue weighted by atomic mass is 16.5. The molecule has 0 saturated heterocycles. The summed E-state index contributed by atoms with van der Waals surface area (Å²) in [4.78, 5) is 13.5.